The average Bonchev–Trinajstić information content (AvgIpc) is 2.97. The van der Waals surface area contributed by atoms with Crippen molar-refractivity contribution in [1.29, 1.82) is 0 Å². The van der Waals surface area contributed by atoms with Gasteiger partial charge in [0.15, 0.2) is 17.6 Å². The van der Waals surface area contributed by atoms with E-state index in [1.807, 2.05) is 56.3 Å². The largest absolute Gasteiger partial charge is 0.494 e. The Balaban J connectivity index is 1.37. The number of rotatable bonds is 12. The number of fused-ring (bicyclic) bond motifs is 1. The van der Waals surface area contributed by atoms with Gasteiger partial charge in [-0.25, -0.2) is 10.2 Å². The Morgan fingerprint density at radius 3 is 2.42 bits per heavy atom. The normalized spacial score (nSPS) is 11.7. The first-order valence-corrected chi connectivity index (χ1v) is 13.2. The maximum Gasteiger partial charge on any atom is 0.343 e. The minimum absolute atomic E-state index is 0.274. The highest BCUT2D eigenvalue weighted by Crippen LogP contribution is 2.29. The molecule has 0 spiro atoms. The summed E-state index contributed by atoms with van der Waals surface area (Å²) >= 11 is 0. The van der Waals surface area contributed by atoms with Crippen LogP contribution >= 0.6 is 0 Å². The first kappa shape index (κ1) is 28.2. The van der Waals surface area contributed by atoms with Gasteiger partial charge in [-0.15, -0.1) is 0 Å². The predicted octanol–water partition coefficient (Wildman–Crippen LogP) is 6.16. The fraction of sp³-hybridized carbons (Fsp3) is 0.219. The lowest BCUT2D eigenvalue weighted by molar-refractivity contribution is -0.127. The van der Waals surface area contributed by atoms with Crippen LogP contribution in [0.2, 0.25) is 0 Å². The first-order valence-electron chi connectivity index (χ1n) is 13.2. The SMILES string of the molecule is CCCOc1ccc(C(=O)Oc2ccc(/C=N/NC(=O)C(C)Oc3cccc4ccccc34)cc2OCC)cc1. The molecule has 1 unspecified atom stereocenters. The van der Waals surface area contributed by atoms with Gasteiger partial charge in [0.25, 0.3) is 5.91 Å². The van der Waals surface area contributed by atoms with Crippen LogP contribution in [0.25, 0.3) is 10.8 Å². The van der Waals surface area contributed by atoms with Crippen LogP contribution in [0.3, 0.4) is 0 Å². The van der Waals surface area contributed by atoms with Gasteiger partial charge in [-0.1, -0.05) is 43.3 Å². The lowest BCUT2D eigenvalue weighted by Gasteiger charge is -2.14. The quantitative estimate of drug-likeness (QED) is 0.100. The monoisotopic (exact) mass is 540 g/mol. The van der Waals surface area contributed by atoms with Crippen LogP contribution in [-0.2, 0) is 4.79 Å². The lowest BCUT2D eigenvalue weighted by Crippen LogP contribution is -2.33. The Hall–Kier alpha value is -4.85. The molecule has 0 aliphatic rings. The summed E-state index contributed by atoms with van der Waals surface area (Å²) in [7, 11) is 0. The van der Waals surface area contributed by atoms with Gasteiger partial charge in [-0.2, -0.15) is 5.10 Å². The maximum atomic E-state index is 12.7. The van der Waals surface area contributed by atoms with Crippen LogP contribution in [0, 0.1) is 0 Å². The van der Waals surface area contributed by atoms with E-state index in [9.17, 15) is 9.59 Å². The molecule has 0 saturated heterocycles. The molecule has 0 aromatic heterocycles. The van der Waals surface area contributed by atoms with E-state index in [4.69, 9.17) is 18.9 Å². The highest BCUT2D eigenvalue weighted by molar-refractivity contribution is 5.92. The highest BCUT2D eigenvalue weighted by Gasteiger charge is 2.16. The fourth-order valence-electron chi connectivity index (χ4n) is 3.83. The van der Waals surface area contributed by atoms with Gasteiger partial charge in [0.05, 0.1) is 25.0 Å². The van der Waals surface area contributed by atoms with Crippen molar-refractivity contribution in [3.8, 4) is 23.0 Å². The van der Waals surface area contributed by atoms with E-state index in [0.717, 1.165) is 17.2 Å². The summed E-state index contributed by atoms with van der Waals surface area (Å²) in [6, 6.07) is 25.3. The van der Waals surface area contributed by atoms with Crippen LogP contribution in [0.1, 0.15) is 43.1 Å². The molecule has 1 N–H and O–H groups in total. The number of hydrogen-bond acceptors (Lipinski definition) is 7. The van der Waals surface area contributed by atoms with Crippen LogP contribution in [0.5, 0.6) is 23.0 Å². The Kier molecular flexibility index (Phi) is 9.72. The van der Waals surface area contributed by atoms with Crippen molar-refractivity contribution in [2.75, 3.05) is 13.2 Å². The van der Waals surface area contributed by atoms with Gasteiger partial charge in [0.2, 0.25) is 0 Å². The van der Waals surface area contributed by atoms with Crippen molar-refractivity contribution in [1.82, 2.24) is 5.43 Å². The van der Waals surface area contributed by atoms with Crippen molar-refractivity contribution < 1.29 is 28.5 Å². The summed E-state index contributed by atoms with van der Waals surface area (Å²) in [5, 5.41) is 6.01. The third-order valence-corrected chi connectivity index (χ3v) is 5.84. The van der Waals surface area contributed by atoms with E-state index in [2.05, 4.69) is 10.5 Å². The van der Waals surface area contributed by atoms with E-state index in [-0.39, 0.29) is 5.75 Å². The number of hydrogen-bond donors (Lipinski definition) is 1. The number of benzene rings is 4. The summed E-state index contributed by atoms with van der Waals surface area (Å²) in [4.78, 5) is 25.3. The van der Waals surface area contributed by atoms with Crippen molar-refractivity contribution in [3.05, 3.63) is 96.1 Å². The number of amides is 1. The van der Waals surface area contributed by atoms with Gasteiger partial charge >= 0.3 is 5.97 Å². The van der Waals surface area contributed by atoms with Crippen molar-refractivity contribution in [3.63, 3.8) is 0 Å². The molecule has 0 aliphatic heterocycles. The van der Waals surface area contributed by atoms with E-state index in [1.54, 1.807) is 49.4 Å². The molecule has 0 saturated carbocycles. The smallest absolute Gasteiger partial charge is 0.343 e. The van der Waals surface area contributed by atoms with Crippen LogP contribution < -0.4 is 24.4 Å². The molecule has 0 heterocycles. The molecule has 8 nitrogen and oxygen atoms in total. The lowest BCUT2D eigenvalue weighted by atomic mass is 10.1. The Bertz CT molecular complexity index is 1480. The summed E-state index contributed by atoms with van der Waals surface area (Å²) < 4.78 is 22.7. The molecule has 1 amide bonds. The summed E-state index contributed by atoms with van der Waals surface area (Å²) in [6.07, 6.45) is 1.61. The maximum absolute atomic E-state index is 12.7. The molecule has 206 valence electrons. The minimum atomic E-state index is -0.768. The predicted molar refractivity (Wildman–Crippen MR) is 155 cm³/mol. The zero-order valence-electron chi connectivity index (χ0n) is 22.8. The minimum Gasteiger partial charge on any atom is -0.494 e. The molecule has 8 heteroatoms. The van der Waals surface area contributed by atoms with Gasteiger partial charge in [-0.3, -0.25) is 4.79 Å². The second-order valence-corrected chi connectivity index (χ2v) is 8.87. The van der Waals surface area contributed by atoms with E-state index < -0.39 is 18.0 Å². The number of ether oxygens (including phenoxy) is 4. The fourth-order valence-corrected chi connectivity index (χ4v) is 3.83. The summed E-state index contributed by atoms with van der Waals surface area (Å²) in [5.74, 6) is 1.05. The van der Waals surface area contributed by atoms with Crippen LogP contribution in [0.15, 0.2) is 90.0 Å². The van der Waals surface area contributed by atoms with Gasteiger partial charge in [-0.05, 0) is 79.7 Å². The number of esters is 1. The Labute approximate surface area is 233 Å². The van der Waals surface area contributed by atoms with Gasteiger partial charge in [0, 0.05) is 5.39 Å². The third-order valence-electron chi connectivity index (χ3n) is 5.84. The third kappa shape index (κ3) is 7.38. The number of nitrogens with one attached hydrogen (secondary N) is 1. The average molecular weight is 541 g/mol. The first-order chi connectivity index (χ1) is 19.5. The van der Waals surface area contributed by atoms with Crippen LogP contribution in [-0.4, -0.2) is 37.4 Å². The number of hydrazone groups is 1. The second kappa shape index (κ2) is 13.8. The molecule has 4 aromatic rings. The van der Waals surface area contributed by atoms with E-state index in [0.29, 0.717) is 41.6 Å². The van der Waals surface area contributed by atoms with Crippen LogP contribution in [0.4, 0.5) is 0 Å². The Morgan fingerprint density at radius 2 is 1.65 bits per heavy atom. The number of nitrogens with zero attached hydrogens (tertiary/aromatic N) is 1. The van der Waals surface area contributed by atoms with Gasteiger partial charge in [0.1, 0.15) is 11.5 Å². The molecule has 0 bridgehead atoms. The molecule has 40 heavy (non-hydrogen) atoms. The van der Waals surface area contributed by atoms with E-state index in [1.165, 1.54) is 6.21 Å². The summed E-state index contributed by atoms with van der Waals surface area (Å²) in [5.41, 5.74) is 3.54. The van der Waals surface area contributed by atoms with Crippen molar-refractivity contribution >= 4 is 28.9 Å². The Morgan fingerprint density at radius 1 is 0.875 bits per heavy atom. The number of carbonyl (C=O) groups excluding carboxylic acids is 2. The van der Waals surface area contributed by atoms with Crippen molar-refractivity contribution in [2.45, 2.75) is 33.3 Å². The molecule has 0 radical (unpaired) electrons. The zero-order chi connectivity index (χ0) is 28.3. The standard InChI is InChI=1S/C32H32N2O6/c1-4-19-38-26-16-14-25(15-17-26)32(36)40-29-18-13-23(20-30(29)37-5-2)21-33-34-31(35)22(3)39-28-12-8-10-24-9-6-7-11-27(24)28/h6-18,20-22H,4-5,19H2,1-3H3,(H,34,35)/b33-21+. The molecule has 0 fully saturated rings. The molecular formula is C32H32N2O6. The molecule has 0 aliphatic carbocycles. The second-order valence-electron chi connectivity index (χ2n) is 8.87. The topological polar surface area (TPSA) is 95.5 Å². The zero-order valence-corrected chi connectivity index (χ0v) is 22.8. The highest BCUT2D eigenvalue weighted by atomic mass is 16.6. The molecule has 4 aromatic carbocycles. The molecular weight excluding hydrogens is 508 g/mol. The summed E-state index contributed by atoms with van der Waals surface area (Å²) in [6.45, 7) is 6.50. The van der Waals surface area contributed by atoms with Gasteiger partial charge < -0.3 is 18.9 Å². The van der Waals surface area contributed by atoms with E-state index >= 15 is 0 Å². The molecule has 1 atom stereocenters. The molecule has 4 rings (SSSR count). The number of carbonyl (C=O) groups is 2. The van der Waals surface area contributed by atoms with Crippen molar-refractivity contribution in [2.24, 2.45) is 5.10 Å².